The Morgan fingerprint density at radius 1 is 1.40 bits per heavy atom. The highest BCUT2D eigenvalue weighted by Crippen LogP contribution is 2.38. The molecule has 1 aromatic rings. The van der Waals surface area contributed by atoms with Crippen molar-refractivity contribution in [2.75, 3.05) is 7.11 Å². The van der Waals surface area contributed by atoms with Crippen molar-refractivity contribution in [2.45, 2.75) is 51.7 Å². The van der Waals surface area contributed by atoms with Crippen LogP contribution in [0.1, 0.15) is 45.2 Å². The maximum Gasteiger partial charge on any atom is 0.323 e. The van der Waals surface area contributed by atoms with Gasteiger partial charge in [-0.05, 0) is 31.2 Å². The summed E-state index contributed by atoms with van der Waals surface area (Å²) in [7, 11) is 1.49. The monoisotopic (exact) mass is 275 g/mol. The standard InChI is InChI=1S/C17H25NO2/c1-5-15-11-12(2)16(17(19)20-4)18(15)13(3)14-9-7-6-8-10-14/h6-10,12-13,15-16H,5,11H2,1-4H3/t12-,13+,15-,16+/m0/s1. The van der Waals surface area contributed by atoms with Gasteiger partial charge in [-0.15, -0.1) is 0 Å². The molecule has 3 heteroatoms. The minimum Gasteiger partial charge on any atom is -0.468 e. The second-order valence-corrected chi connectivity index (χ2v) is 5.78. The lowest BCUT2D eigenvalue weighted by Crippen LogP contribution is -2.44. The lowest BCUT2D eigenvalue weighted by Gasteiger charge is -2.34. The van der Waals surface area contributed by atoms with E-state index in [0.29, 0.717) is 12.0 Å². The number of ether oxygens (including phenoxy) is 1. The summed E-state index contributed by atoms with van der Waals surface area (Å²) >= 11 is 0. The summed E-state index contributed by atoms with van der Waals surface area (Å²) < 4.78 is 5.03. The molecule has 4 atom stereocenters. The first kappa shape index (κ1) is 15.0. The van der Waals surface area contributed by atoms with Gasteiger partial charge in [0.15, 0.2) is 0 Å². The van der Waals surface area contributed by atoms with Crippen LogP contribution in [-0.4, -0.2) is 30.1 Å². The zero-order valence-corrected chi connectivity index (χ0v) is 12.9. The quantitative estimate of drug-likeness (QED) is 0.789. The van der Waals surface area contributed by atoms with Gasteiger partial charge in [0.25, 0.3) is 0 Å². The van der Waals surface area contributed by atoms with Crippen molar-refractivity contribution >= 4 is 5.97 Å². The topological polar surface area (TPSA) is 29.5 Å². The minimum absolute atomic E-state index is 0.101. The van der Waals surface area contributed by atoms with Gasteiger partial charge in [-0.25, -0.2) is 0 Å². The van der Waals surface area contributed by atoms with Crippen molar-refractivity contribution in [3.05, 3.63) is 35.9 Å². The van der Waals surface area contributed by atoms with Gasteiger partial charge in [-0.2, -0.15) is 0 Å². The fourth-order valence-corrected chi connectivity index (χ4v) is 3.51. The van der Waals surface area contributed by atoms with E-state index in [1.807, 2.05) is 6.07 Å². The summed E-state index contributed by atoms with van der Waals surface area (Å²) in [5, 5.41) is 0. The Balaban J connectivity index is 2.30. The van der Waals surface area contributed by atoms with Crippen LogP contribution in [-0.2, 0) is 9.53 Å². The molecule has 0 N–H and O–H groups in total. The van der Waals surface area contributed by atoms with Crippen molar-refractivity contribution in [1.29, 1.82) is 0 Å². The Morgan fingerprint density at radius 2 is 2.05 bits per heavy atom. The highest BCUT2D eigenvalue weighted by atomic mass is 16.5. The first-order chi connectivity index (χ1) is 9.60. The number of methoxy groups -OCH3 is 1. The van der Waals surface area contributed by atoms with Crippen LogP contribution in [0.25, 0.3) is 0 Å². The summed E-state index contributed by atoms with van der Waals surface area (Å²) in [6.45, 7) is 6.54. The van der Waals surface area contributed by atoms with Gasteiger partial charge in [0.1, 0.15) is 6.04 Å². The smallest absolute Gasteiger partial charge is 0.323 e. The molecular formula is C17H25NO2. The minimum atomic E-state index is -0.125. The number of rotatable bonds is 4. The zero-order valence-electron chi connectivity index (χ0n) is 12.9. The van der Waals surface area contributed by atoms with Crippen molar-refractivity contribution in [3.63, 3.8) is 0 Å². The number of hydrogen-bond donors (Lipinski definition) is 0. The maximum absolute atomic E-state index is 12.2. The van der Waals surface area contributed by atoms with Crippen LogP contribution in [0.15, 0.2) is 30.3 Å². The molecule has 2 rings (SSSR count). The predicted molar refractivity (Wildman–Crippen MR) is 80.4 cm³/mol. The molecular weight excluding hydrogens is 250 g/mol. The van der Waals surface area contributed by atoms with E-state index in [0.717, 1.165) is 12.8 Å². The lowest BCUT2D eigenvalue weighted by atomic mass is 10.0. The Morgan fingerprint density at radius 3 is 2.60 bits per heavy atom. The third-order valence-electron chi connectivity index (χ3n) is 4.57. The van der Waals surface area contributed by atoms with Crippen molar-refractivity contribution < 1.29 is 9.53 Å². The largest absolute Gasteiger partial charge is 0.468 e. The summed E-state index contributed by atoms with van der Waals surface area (Å²) in [5.41, 5.74) is 1.26. The van der Waals surface area contributed by atoms with Crippen LogP contribution in [0.2, 0.25) is 0 Å². The Hall–Kier alpha value is -1.35. The molecule has 20 heavy (non-hydrogen) atoms. The van der Waals surface area contributed by atoms with Crippen LogP contribution >= 0.6 is 0 Å². The Kier molecular flexibility index (Phi) is 4.81. The third-order valence-corrected chi connectivity index (χ3v) is 4.57. The van der Waals surface area contributed by atoms with E-state index in [2.05, 4.69) is 49.9 Å². The van der Waals surface area contributed by atoms with E-state index in [-0.39, 0.29) is 18.1 Å². The highest BCUT2D eigenvalue weighted by Gasteiger charge is 2.45. The Labute approximate surface area is 121 Å². The molecule has 0 saturated carbocycles. The van der Waals surface area contributed by atoms with Crippen LogP contribution < -0.4 is 0 Å². The molecule has 3 nitrogen and oxygen atoms in total. The van der Waals surface area contributed by atoms with E-state index in [1.54, 1.807) is 0 Å². The fraction of sp³-hybridized carbons (Fsp3) is 0.588. The SMILES string of the molecule is CC[C@H]1C[C@H](C)[C@H](C(=O)OC)N1[C@H](C)c1ccccc1. The van der Waals surface area contributed by atoms with Crippen molar-refractivity contribution in [3.8, 4) is 0 Å². The molecule has 1 aromatic carbocycles. The van der Waals surface area contributed by atoms with E-state index in [9.17, 15) is 4.79 Å². The molecule has 0 spiro atoms. The van der Waals surface area contributed by atoms with Crippen LogP contribution in [0.5, 0.6) is 0 Å². The number of carbonyl (C=O) groups is 1. The van der Waals surface area contributed by atoms with E-state index in [1.165, 1.54) is 12.7 Å². The first-order valence-corrected chi connectivity index (χ1v) is 7.50. The number of hydrogen-bond acceptors (Lipinski definition) is 3. The van der Waals surface area contributed by atoms with Gasteiger partial charge < -0.3 is 4.74 Å². The zero-order chi connectivity index (χ0) is 14.7. The van der Waals surface area contributed by atoms with E-state index >= 15 is 0 Å². The molecule has 1 saturated heterocycles. The van der Waals surface area contributed by atoms with E-state index < -0.39 is 0 Å². The normalized spacial score (nSPS) is 28.3. The maximum atomic E-state index is 12.2. The van der Waals surface area contributed by atoms with Crippen LogP contribution in [0.3, 0.4) is 0 Å². The summed E-state index contributed by atoms with van der Waals surface area (Å²) in [6.07, 6.45) is 2.13. The van der Waals surface area contributed by atoms with Gasteiger partial charge in [0.2, 0.25) is 0 Å². The van der Waals surface area contributed by atoms with E-state index in [4.69, 9.17) is 4.74 Å². The van der Waals surface area contributed by atoms with Gasteiger partial charge in [0.05, 0.1) is 7.11 Å². The molecule has 1 fully saturated rings. The first-order valence-electron chi connectivity index (χ1n) is 7.50. The molecule has 0 aromatic heterocycles. The fourth-order valence-electron chi connectivity index (χ4n) is 3.51. The van der Waals surface area contributed by atoms with Crippen LogP contribution in [0, 0.1) is 5.92 Å². The third kappa shape index (κ3) is 2.73. The summed E-state index contributed by atoms with van der Waals surface area (Å²) in [5.74, 6) is 0.245. The lowest BCUT2D eigenvalue weighted by molar-refractivity contribution is -0.148. The Bertz CT molecular complexity index is 446. The molecule has 0 aliphatic carbocycles. The van der Waals surface area contributed by atoms with Crippen molar-refractivity contribution in [2.24, 2.45) is 5.92 Å². The number of benzene rings is 1. The average molecular weight is 275 g/mol. The molecule has 1 aliphatic rings. The molecule has 0 unspecified atom stereocenters. The van der Waals surface area contributed by atoms with Gasteiger partial charge in [-0.3, -0.25) is 9.69 Å². The van der Waals surface area contributed by atoms with Crippen molar-refractivity contribution in [1.82, 2.24) is 4.90 Å². The molecule has 0 amide bonds. The second kappa shape index (κ2) is 6.40. The average Bonchev–Trinajstić information content (AvgIpc) is 2.83. The summed E-state index contributed by atoms with van der Waals surface area (Å²) in [4.78, 5) is 14.5. The number of esters is 1. The van der Waals surface area contributed by atoms with Gasteiger partial charge in [-0.1, -0.05) is 44.2 Å². The van der Waals surface area contributed by atoms with Gasteiger partial charge >= 0.3 is 5.97 Å². The van der Waals surface area contributed by atoms with Gasteiger partial charge in [0, 0.05) is 12.1 Å². The molecule has 0 bridgehead atoms. The van der Waals surface area contributed by atoms with Crippen LogP contribution in [0.4, 0.5) is 0 Å². The highest BCUT2D eigenvalue weighted by molar-refractivity contribution is 5.76. The molecule has 1 heterocycles. The summed E-state index contributed by atoms with van der Waals surface area (Å²) in [6, 6.07) is 11.0. The molecule has 0 radical (unpaired) electrons. The number of nitrogens with zero attached hydrogens (tertiary/aromatic N) is 1. The molecule has 1 aliphatic heterocycles. The predicted octanol–water partition coefficient (Wildman–Crippen LogP) is 3.41. The number of likely N-dealkylation sites (tertiary alicyclic amines) is 1. The second-order valence-electron chi connectivity index (χ2n) is 5.78. The number of carbonyl (C=O) groups excluding carboxylic acids is 1. The molecule has 110 valence electrons.